The lowest BCUT2D eigenvalue weighted by atomic mass is 9.42. The Balaban J connectivity index is 1.29. The average Bonchev–Trinajstić information content (AvgIpc) is 3.43. The first-order valence-electron chi connectivity index (χ1n) is 18.4. The van der Waals surface area contributed by atoms with Gasteiger partial charge in [-0.05, 0) is 91.7 Å². The smallest absolute Gasteiger partial charge is 0.393 e. The fourth-order valence-electron chi connectivity index (χ4n) is 10.6. The number of fused-ring (bicyclic) bond motifs is 5. The molecule has 46 heavy (non-hydrogen) atoms. The first-order valence-corrected chi connectivity index (χ1v) is 18.2. The van der Waals surface area contributed by atoms with Gasteiger partial charge in [-0.3, -0.25) is 4.55 Å². The van der Waals surface area contributed by atoms with Gasteiger partial charge in [0.1, 0.15) is 18.3 Å². The zero-order chi connectivity index (χ0) is 36.6. The van der Waals surface area contributed by atoms with Crippen LogP contribution in [0.25, 0.3) is 0 Å². The lowest BCUT2D eigenvalue weighted by Gasteiger charge is -2.66. The Kier molecular flexibility index (Phi) is 9.50. The molecule has 12 nitrogen and oxygen atoms in total. The summed E-state index contributed by atoms with van der Waals surface area (Å²) in [7, 11) is -3.39. The molecule has 0 radical (unpaired) electrons. The second-order valence-corrected chi connectivity index (χ2v) is 16.8. The van der Waals surface area contributed by atoms with Crippen LogP contribution in [-0.2, 0) is 28.8 Å². The summed E-state index contributed by atoms with van der Waals surface area (Å²) in [5, 5.41) is 57.2. The third-order valence-electron chi connectivity index (χ3n) is 12.7. The molecule has 1 saturated heterocycles. The van der Waals surface area contributed by atoms with Gasteiger partial charge in [0.05, 0.1) is 36.6 Å². The standard InChI is InChI=1S/C33H58O12S/c1-17(2)24(44-30-27(37)28(42-6)25(45-30)16-43-46(39,40)41)8-7-18(3)20-14-22(35)29-32(20,5)12-10-26-31(4)11-9-19(34)13-21(31)23(36)15-33(26,29)38/h17-30,34-38H,7-16H2,1-6H3,(H,39,40,41)/t18-,19+,20-,21-,22+,23+,24+,25+,26-,27-,28+,29-,30-,31+,32-,33+/m1/s1/i9D2,13D/t13?,18-,19+,20-,21-,22+,23+,24+,25+,26-,27-,28+,29-,30-,31+,32-,33+. The molecule has 13 heteroatoms. The predicted octanol–water partition coefficient (Wildman–Crippen LogP) is 2.44. The SMILES string of the molecule is [2H]C1[C@@H](O)C([2H])([2H])C[C@@]2(C)[C@H]1[C@@H](O)C[C@]1(O)[C@@H]2CC[C@]2(C)[C@@H]([C@H](C)CC[C@H](O[C@@H]3O[C@@H](COS(=O)(=O)O)[C@H](OC)[C@H]3O)C(C)C)C[C@H](O)[C@H]21. The van der Waals surface area contributed by atoms with Gasteiger partial charge >= 0.3 is 10.4 Å². The lowest BCUT2D eigenvalue weighted by molar-refractivity contribution is -0.263. The minimum Gasteiger partial charge on any atom is -0.393 e. The largest absolute Gasteiger partial charge is 0.397 e. The van der Waals surface area contributed by atoms with E-state index in [2.05, 4.69) is 18.0 Å². The van der Waals surface area contributed by atoms with Crippen molar-refractivity contribution in [3.63, 3.8) is 0 Å². The van der Waals surface area contributed by atoms with Gasteiger partial charge in [-0.1, -0.05) is 34.6 Å². The average molecular weight is 682 g/mol. The molecular weight excluding hydrogens is 620 g/mol. The minimum atomic E-state index is -4.72. The van der Waals surface area contributed by atoms with Crippen LogP contribution in [0.5, 0.6) is 0 Å². The van der Waals surface area contributed by atoms with E-state index in [1.807, 2.05) is 20.8 Å². The molecule has 0 aromatic rings. The topological polar surface area (TPSA) is 192 Å². The summed E-state index contributed by atoms with van der Waals surface area (Å²) < 4.78 is 78.7. The molecule has 5 rings (SSSR count). The van der Waals surface area contributed by atoms with Gasteiger partial charge in [0, 0.05) is 23.6 Å². The monoisotopic (exact) mass is 681 g/mol. The van der Waals surface area contributed by atoms with Crippen LogP contribution in [0, 0.1) is 46.3 Å². The first-order chi connectivity index (χ1) is 22.5. The summed E-state index contributed by atoms with van der Waals surface area (Å²) >= 11 is 0. The van der Waals surface area contributed by atoms with E-state index >= 15 is 0 Å². The molecule has 4 aliphatic carbocycles. The molecule has 1 heterocycles. The van der Waals surface area contributed by atoms with Crippen molar-refractivity contribution in [1.29, 1.82) is 0 Å². The van der Waals surface area contributed by atoms with E-state index in [0.717, 1.165) is 0 Å². The third-order valence-corrected chi connectivity index (χ3v) is 13.2. The van der Waals surface area contributed by atoms with Crippen LogP contribution in [-0.4, -0.2) is 107 Å². The highest BCUT2D eigenvalue weighted by molar-refractivity contribution is 7.80. The molecule has 17 atom stereocenters. The Morgan fingerprint density at radius 2 is 1.74 bits per heavy atom. The highest BCUT2D eigenvalue weighted by Gasteiger charge is 2.70. The van der Waals surface area contributed by atoms with Crippen LogP contribution in [0.4, 0.5) is 0 Å². The van der Waals surface area contributed by atoms with Gasteiger partial charge in [0.15, 0.2) is 6.29 Å². The molecule has 268 valence electrons. The zero-order valence-electron chi connectivity index (χ0n) is 30.9. The highest BCUT2D eigenvalue weighted by Crippen LogP contribution is 2.69. The van der Waals surface area contributed by atoms with Crippen LogP contribution < -0.4 is 0 Å². The van der Waals surface area contributed by atoms with E-state index < -0.39 is 107 Å². The normalized spacial score (nSPS) is 52.6. The van der Waals surface area contributed by atoms with Crippen LogP contribution in [0.3, 0.4) is 0 Å². The number of hydrogen-bond donors (Lipinski definition) is 6. The molecule has 0 bridgehead atoms. The summed E-state index contributed by atoms with van der Waals surface area (Å²) in [6, 6.07) is 0. The van der Waals surface area contributed by atoms with Crippen molar-refractivity contribution in [3.05, 3.63) is 0 Å². The van der Waals surface area contributed by atoms with Crippen molar-refractivity contribution in [1.82, 2.24) is 0 Å². The maximum absolute atomic E-state index is 12.6. The third kappa shape index (κ3) is 6.57. The molecule has 5 aliphatic rings. The predicted molar refractivity (Wildman–Crippen MR) is 167 cm³/mol. The van der Waals surface area contributed by atoms with E-state index in [9.17, 15) is 34.0 Å². The maximum Gasteiger partial charge on any atom is 0.397 e. The summed E-state index contributed by atoms with van der Waals surface area (Å²) in [4.78, 5) is 0. The van der Waals surface area contributed by atoms with Gasteiger partial charge in [0.2, 0.25) is 0 Å². The minimum absolute atomic E-state index is 0.0132. The Labute approximate surface area is 278 Å². The second kappa shape index (κ2) is 13.4. The van der Waals surface area contributed by atoms with E-state index in [0.29, 0.717) is 32.1 Å². The Hall–Kier alpha value is -0.450. The van der Waals surface area contributed by atoms with E-state index in [-0.39, 0.29) is 36.7 Å². The van der Waals surface area contributed by atoms with Gasteiger partial charge in [-0.15, -0.1) is 0 Å². The molecule has 0 aromatic heterocycles. The first kappa shape index (κ1) is 32.7. The molecule has 4 saturated carbocycles. The number of ether oxygens (including phenoxy) is 3. The summed E-state index contributed by atoms with van der Waals surface area (Å²) in [6.45, 7) is 9.48. The molecule has 0 spiro atoms. The van der Waals surface area contributed by atoms with Gasteiger partial charge in [-0.25, -0.2) is 4.18 Å². The summed E-state index contributed by atoms with van der Waals surface area (Å²) in [5.41, 5.74) is -2.90. The molecule has 1 unspecified atom stereocenters. The summed E-state index contributed by atoms with van der Waals surface area (Å²) in [6.07, 6.45) is -8.62. The van der Waals surface area contributed by atoms with Gasteiger partial charge in [0.25, 0.3) is 0 Å². The van der Waals surface area contributed by atoms with Gasteiger partial charge in [-0.2, -0.15) is 8.42 Å². The fraction of sp³-hybridized carbons (Fsp3) is 1.00. The van der Waals surface area contributed by atoms with Crippen LogP contribution in [0.2, 0.25) is 0 Å². The zero-order valence-corrected chi connectivity index (χ0v) is 28.7. The number of hydrogen-bond acceptors (Lipinski definition) is 11. The fourth-order valence-corrected chi connectivity index (χ4v) is 10.9. The van der Waals surface area contributed by atoms with E-state index in [4.69, 9.17) is 22.9 Å². The number of methoxy groups -OCH3 is 1. The van der Waals surface area contributed by atoms with Crippen molar-refractivity contribution < 1.29 is 61.0 Å². The van der Waals surface area contributed by atoms with Crippen LogP contribution in [0.1, 0.15) is 96.4 Å². The van der Waals surface area contributed by atoms with Crippen molar-refractivity contribution >= 4 is 10.4 Å². The van der Waals surface area contributed by atoms with E-state index in [1.165, 1.54) is 7.11 Å². The summed E-state index contributed by atoms with van der Waals surface area (Å²) in [5.74, 6) is -1.60. The quantitative estimate of drug-likeness (QED) is 0.175. The van der Waals surface area contributed by atoms with Crippen LogP contribution in [0.15, 0.2) is 0 Å². The molecule has 6 N–H and O–H groups in total. The second-order valence-electron chi connectivity index (χ2n) is 15.7. The maximum atomic E-state index is 12.6. The number of aliphatic hydroxyl groups is 5. The molecular formula is C33H58O12S. The van der Waals surface area contributed by atoms with Crippen LogP contribution >= 0.6 is 0 Å². The Morgan fingerprint density at radius 1 is 1.04 bits per heavy atom. The lowest BCUT2D eigenvalue weighted by Crippen LogP contribution is -2.68. The highest BCUT2D eigenvalue weighted by atomic mass is 32.3. The Bertz CT molecular complexity index is 1290. The number of rotatable bonds is 11. The van der Waals surface area contributed by atoms with Crippen molar-refractivity contribution in [3.8, 4) is 0 Å². The molecule has 5 fully saturated rings. The molecule has 1 aliphatic heterocycles. The Morgan fingerprint density at radius 3 is 2.37 bits per heavy atom. The van der Waals surface area contributed by atoms with E-state index in [1.54, 1.807) is 0 Å². The molecule has 0 amide bonds. The van der Waals surface area contributed by atoms with Gasteiger partial charge < -0.3 is 39.7 Å². The van der Waals surface area contributed by atoms with Crippen molar-refractivity contribution in [2.24, 2.45) is 46.3 Å². The van der Waals surface area contributed by atoms with Crippen molar-refractivity contribution in [2.75, 3.05) is 13.7 Å². The number of aliphatic hydroxyl groups excluding tert-OH is 4. The van der Waals surface area contributed by atoms with Crippen molar-refractivity contribution in [2.45, 2.75) is 147 Å². The molecule has 0 aromatic carbocycles.